The summed E-state index contributed by atoms with van der Waals surface area (Å²) in [6.45, 7) is 2.78. The number of amides is 2. The molecule has 0 aliphatic carbocycles. The van der Waals surface area contributed by atoms with Crippen molar-refractivity contribution >= 4 is 23.4 Å². The van der Waals surface area contributed by atoms with Crippen molar-refractivity contribution in [3.8, 4) is 5.69 Å². The SMILES string of the molecule is Cc1cc(NC(=O)N(Cc2ccccc2)Cc2ccn[nH]2)nn1-c1cccc(Cl)c1. The van der Waals surface area contributed by atoms with Crippen molar-refractivity contribution in [1.29, 1.82) is 0 Å². The molecule has 2 amide bonds. The highest BCUT2D eigenvalue weighted by Gasteiger charge is 2.17. The zero-order valence-electron chi connectivity index (χ0n) is 16.4. The average Bonchev–Trinajstić information content (AvgIpc) is 3.38. The number of urea groups is 1. The molecule has 4 rings (SSSR count). The summed E-state index contributed by atoms with van der Waals surface area (Å²) in [5, 5.41) is 14.9. The second-order valence-corrected chi connectivity index (χ2v) is 7.35. The Morgan fingerprint density at radius 2 is 1.93 bits per heavy atom. The van der Waals surface area contributed by atoms with Gasteiger partial charge in [-0.15, -0.1) is 5.10 Å². The molecule has 7 nitrogen and oxygen atoms in total. The summed E-state index contributed by atoms with van der Waals surface area (Å²) >= 11 is 6.10. The minimum absolute atomic E-state index is 0.246. The summed E-state index contributed by atoms with van der Waals surface area (Å²) in [4.78, 5) is 14.8. The van der Waals surface area contributed by atoms with E-state index in [2.05, 4.69) is 20.6 Å². The summed E-state index contributed by atoms with van der Waals surface area (Å²) in [5.74, 6) is 0.472. The number of carbonyl (C=O) groups excluding carboxylic acids is 1. The van der Waals surface area contributed by atoms with Gasteiger partial charge in [-0.1, -0.05) is 48.0 Å². The molecule has 2 heterocycles. The maximum absolute atomic E-state index is 13.1. The molecule has 0 fully saturated rings. The first-order valence-electron chi connectivity index (χ1n) is 9.49. The monoisotopic (exact) mass is 420 g/mol. The molecule has 0 aliphatic rings. The van der Waals surface area contributed by atoms with Crippen LogP contribution in [0.2, 0.25) is 5.02 Å². The Kier molecular flexibility index (Phi) is 5.81. The van der Waals surface area contributed by atoms with Gasteiger partial charge in [-0.3, -0.25) is 10.4 Å². The van der Waals surface area contributed by atoms with Crippen molar-refractivity contribution in [1.82, 2.24) is 24.9 Å². The smallest absolute Gasteiger partial charge is 0.314 e. The lowest BCUT2D eigenvalue weighted by atomic mass is 10.2. The molecule has 0 radical (unpaired) electrons. The van der Waals surface area contributed by atoms with Crippen LogP contribution in [0.4, 0.5) is 10.6 Å². The lowest BCUT2D eigenvalue weighted by molar-refractivity contribution is 0.205. The zero-order chi connectivity index (χ0) is 20.9. The second-order valence-electron chi connectivity index (χ2n) is 6.92. The number of nitrogens with one attached hydrogen (secondary N) is 2. The van der Waals surface area contributed by atoms with E-state index in [4.69, 9.17) is 11.6 Å². The molecule has 2 aromatic heterocycles. The van der Waals surface area contributed by atoms with Crippen LogP contribution in [0.1, 0.15) is 17.0 Å². The van der Waals surface area contributed by atoms with Crippen LogP contribution in [0.25, 0.3) is 5.69 Å². The fourth-order valence-corrected chi connectivity index (χ4v) is 3.36. The van der Waals surface area contributed by atoms with Gasteiger partial charge in [0.15, 0.2) is 5.82 Å². The van der Waals surface area contributed by atoms with Gasteiger partial charge in [0, 0.05) is 29.5 Å². The Morgan fingerprint density at radius 1 is 1.10 bits per heavy atom. The summed E-state index contributed by atoms with van der Waals surface area (Å²) in [5.41, 5.74) is 3.60. The number of aromatic amines is 1. The van der Waals surface area contributed by atoms with Crippen molar-refractivity contribution in [2.45, 2.75) is 20.0 Å². The average molecular weight is 421 g/mol. The highest BCUT2D eigenvalue weighted by molar-refractivity contribution is 6.30. The molecule has 0 atom stereocenters. The number of hydrogen-bond acceptors (Lipinski definition) is 3. The molecule has 2 aromatic carbocycles. The van der Waals surface area contributed by atoms with Crippen LogP contribution in [0.5, 0.6) is 0 Å². The van der Waals surface area contributed by atoms with E-state index in [9.17, 15) is 4.79 Å². The van der Waals surface area contributed by atoms with Crippen LogP contribution in [0.15, 0.2) is 72.9 Å². The number of hydrogen-bond donors (Lipinski definition) is 2. The van der Waals surface area contributed by atoms with E-state index in [1.165, 1.54) is 0 Å². The Balaban J connectivity index is 1.54. The Labute approximate surface area is 179 Å². The molecule has 0 aliphatic heterocycles. The van der Waals surface area contributed by atoms with Gasteiger partial charge in [-0.2, -0.15) is 5.10 Å². The number of carbonyl (C=O) groups is 1. The summed E-state index contributed by atoms with van der Waals surface area (Å²) in [6, 6.07) is 20.7. The number of anilines is 1. The van der Waals surface area contributed by atoms with Crippen LogP contribution in [0, 0.1) is 6.92 Å². The number of nitrogens with zero attached hydrogens (tertiary/aromatic N) is 4. The molecule has 0 saturated heterocycles. The molecule has 0 spiro atoms. The molecular formula is C22H21ClN6O. The maximum atomic E-state index is 13.1. The largest absolute Gasteiger partial charge is 0.323 e. The van der Waals surface area contributed by atoms with Crippen molar-refractivity contribution in [3.63, 3.8) is 0 Å². The number of aryl methyl sites for hydroxylation is 1. The van der Waals surface area contributed by atoms with Gasteiger partial charge in [-0.25, -0.2) is 9.48 Å². The van der Waals surface area contributed by atoms with Gasteiger partial charge in [0.25, 0.3) is 0 Å². The predicted molar refractivity (Wildman–Crippen MR) is 117 cm³/mol. The summed E-state index contributed by atoms with van der Waals surface area (Å²) in [7, 11) is 0. The first-order chi connectivity index (χ1) is 14.6. The molecule has 0 bridgehead atoms. The normalized spacial score (nSPS) is 10.7. The van der Waals surface area contributed by atoms with E-state index in [1.807, 2.05) is 73.7 Å². The highest BCUT2D eigenvalue weighted by Crippen LogP contribution is 2.19. The Morgan fingerprint density at radius 3 is 2.67 bits per heavy atom. The van der Waals surface area contributed by atoms with Crippen molar-refractivity contribution in [2.24, 2.45) is 0 Å². The van der Waals surface area contributed by atoms with Crippen molar-refractivity contribution in [3.05, 3.63) is 94.9 Å². The lowest BCUT2D eigenvalue weighted by Gasteiger charge is -2.22. The summed E-state index contributed by atoms with van der Waals surface area (Å²) in [6.07, 6.45) is 1.67. The fraction of sp³-hybridized carbons (Fsp3) is 0.136. The topological polar surface area (TPSA) is 78.8 Å². The van der Waals surface area contributed by atoms with Gasteiger partial charge >= 0.3 is 6.03 Å². The lowest BCUT2D eigenvalue weighted by Crippen LogP contribution is -2.34. The standard InChI is InChI=1S/C22H21ClN6O/c1-16-12-21(27-29(16)20-9-5-8-18(23)13-20)25-22(30)28(15-19-10-11-24-26-19)14-17-6-3-2-4-7-17/h2-13H,14-15H2,1H3,(H,24,26)(H,25,27,30). The minimum atomic E-state index is -0.246. The number of aromatic nitrogens is 4. The third-order valence-electron chi connectivity index (χ3n) is 4.60. The molecule has 152 valence electrons. The van der Waals surface area contributed by atoms with Crippen LogP contribution in [-0.4, -0.2) is 30.9 Å². The number of benzene rings is 2. The quantitative estimate of drug-likeness (QED) is 0.470. The third kappa shape index (κ3) is 4.69. The van der Waals surface area contributed by atoms with Crippen LogP contribution >= 0.6 is 11.6 Å². The van der Waals surface area contributed by atoms with E-state index >= 15 is 0 Å². The van der Waals surface area contributed by atoms with Crippen LogP contribution in [0.3, 0.4) is 0 Å². The molecule has 0 saturated carbocycles. The molecule has 2 N–H and O–H groups in total. The van der Waals surface area contributed by atoms with E-state index in [0.29, 0.717) is 23.9 Å². The third-order valence-corrected chi connectivity index (χ3v) is 4.83. The first-order valence-corrected chi connectivity index (χ1v) is 9.87. The number of H-pyrrole nitrogens is 1. The molecule has 30 heavy (non-hydrogen) atoms. The van der Waals surface area contributed by atoms with Crippen molar-refractivity contribution < 1.29 is 4.79 Å². The number of halogens is 1. The van der Waals surface area contributed by atoms with Gasteiger partial charge in [0.1, 0.15) is 0 Å². The van der Waals surface area contributed by atoms with Gasteiger partial charge in [-0.05, 0) is 36.8 Å². The van der Waals surface area contributed by atoms with E-state index in [0.717, 1.165) is 22.6 Å². The number of rotatable bonds is 6. The van der Waals surface area contributed by atoms with Gasteiger partial charge in [0.05, 0.1) is 17.9 Å². The molecular weight excluding hydrogens is 400 g/mol. The fourth-order valence-electron chi connectivity index (χ4n) is 3.18. The van der Waals surface area contributed by atoms with E-state index < -0.39 is 0 Å². The van der Waals surface area contributed by atoms with Crippen LogP contribution in [-0.2, 0) is 13.1 Å². The Bertz CT molecular complexity index is 1120. The Hall–Kier alpha value is -3.58. The maximum Gasteiger partial charge on any atom is 0.323 e. The first kappa shape index (κ1) is 19.7. The molecule has 8 heteroatoms. The van der Waals surface area contributed by atoms with Gasteiger partial charge < -0.3 is 4.90 Å². The molecule has 0 unspecified atom stereocenters. The van der Waals surface area contributed by atoms with Gasteiger partial charge in [0.2, 0.25) is 0 Å². The van der Waals surface area contributed by atoms with E-state index in [-0.39, 0.29) is 6.03 Å². The van der Waals surface area contributed by atoms with Crippen molar-refractivity contribution in [2.75, 3.05) is 5.32 Å². The van der Waals surface area contributed by atoms with Crippen LogP contribution < -0.4 is 5.32 Å². The second kappa shape index (κ2) is 8.84. The minimum Gasteiger partial charge on any atom is -0.314 e. The van der Waals surface area contributed by atoms with E-state index in [1.54, 1.807) is 15.8 Å². The molecule has 4 aromatic rings. The predicted octanol–water partition coefficient (Wildman–Crippen LogP) is 4.79. The highest BCUT2D eigenvalue weighted by atomic mass is 35.5. The zero-order valence-corrected chi connectivity index (χ0v) is 17.2. The summed E-state index contributed by atoms with van der Waals surface area (Å²) < 4.78 is 1.75.